The van der Waals surface area contributed by atoms with Gasteiger partial charge in [0.05, 0.1) is 0 Å². The molecule has 4 nitrogen and oxygen atoms in total. The van der Waals surface area contributed by atoms with E-state index in [1.165, 1.54) is 25.7 Å². The van der Waals surface area contributed by atoms with Crippen LogP contribution in [0, 0.1) is 5.92 Å². The van der Waals surface area contributed by atoms with Crippen LogP contribution in [0.15, 0.2) is 6.07 Å². The van der Waals surface area contributed by atoms with Crippen molar-refractivity contribution >= 4 is 11.6 Å². The second-order valence-corrected chi connectivity index (χ2v) is 6.65. The number of rotatable bonds is 5. The zero-order valence-corrected chi connectivity index (χ0v) is 13.3. The lowest BCUT2D eigenvalue weighted by Gasteiger charge is -2.32. The Morgan fingerprint density at radius 2 is 1.85 bits per heavy atom. The van der Waals surface area contributed by atoms with Crippen LogP contribution < -0.4 is 10.6 Å². The SMILES string of the molecule is CC(C)CN(c1cc(N)nc(C(C)C)n1)C1CCCC1. The van der Waals surface area contributed by atoms with Crippen molar-refractivity contribution in [3.8, 4) is 0 Å². The van der Waals surface area contributed by atoms with E-state index in [1.54, 1.807) is 0 Å². The lowest BCUT2D eigenvalue weighted by Crippen LogP contribution is -2.37. The van der Waals surface area contributed by atoms with Gasteiger partial charge in [-0.1, -0.05) is 40.5 Å². The quantitative estimate of drug-likeness (QED) is 0.893. The molecule has 112 valence electrons. The van der Waals surface area contributed by atoms with Crippen molar-refractivity contribution in [2.75, 3.05) is 17.2 Å². The molecule has 0 atom stereocenters. The Bertz CT molecular complexity index is 436. The number of hydrogen-bond donors (Lipinski definition) is 1. The van der Waals surface area contributed by atoms with Gasteiger partial charge in [-0.3, -0.25) is 0 Å². The molecule has 0 aliphatic heterocycles. The summed E-state index contributed by atoms with van der Waals surface area (Å²) in [5.74, 6) is 3.38. The Kier molecular flexibility index (Phi) is 4.84. The van der Waals surface area contributed by atoms with Crippen LogP contribution in [0.4, 0.5) is 11.6 Å². The van der Waals surface area contributed by atoms with Crippen LogP contribution in [0.1, 0.15) is 65.1 Å². The molecular weight excluding hydrogens is 248 g/mol. The smallest absolute Gasteiger partial charge is 0.135 e. The van der Waals surface area contributed by atoms with Crippen LogP contribution >= 0.6 is 0 Å². The highest BCUT2D eigenvalue weighted by Crippen LogP contribution is 2.29. The molecule has 0 radical (unpaired) electrons. The van der Waals surface area contributed by atoms with Crippen LogP contribution in [0.25, 0.3) is 0 Å². The average Bonchev–Trinajstić information content (AvgIpc) is 2.88. The molecule has 0 spiro atoms. The second kappa shape index (κ2) is 6.42. The summed E-state index contributed by atoms with van der Waals surface area (Å²) in [6, 6.07) is 2.55. The van der Waals surface area contributed by atoms with Crippen LogP contribution in [0.5, 0.6) is 0 Å². The van der Waals surface area contributed by atoms with E-state index in [0.29, 0.717) is 23.7 Å². The fraction of sp³-hybridized carbons (Fsp3) is 0.750. The highest BCUT2D eigenvalue weighted by molar-refractivity contribution is 5.48. The third-order valence-corrected chi connectivity index (χ3v) is 3.89. The number of hydrogen-bond acceptors (Lipinski definition) is 4. The van der Waals surface area contributed by atoms with Gasteiger partial charge in [-0.05, 0) is 18.8 Å². The predicted octanol–water partition coefficient (Wildman–Crippen LogP) is 3.59. The molecule has 1 heterocycles. The Labute approximate surface area is 122 Å². The summed E-state index contributed by atoms with van der Waals surface area (Å²) in [6.07, 6.45) is 5.20. The summed E-state index contributed by atoms with van der Waals surface area (Å²) in [4.78, 5) is 11.6. The summed E-state index contributed by atoms with van der Waals surface area (Å²) < 4.78 is 0. The summed E-state index contributed by atoms with van der Waals surface area (Å²) >= 11 is 0. The maximum atomic E-state index is 5.99. The summed E-state index contributed by atoms with van der Waals surface area (Å²) in [5, 5.41) is 0. The van der Waals surface area contributed by atoms with Gasteiger partial charge in [0.2, 0.25) is 0 Å². The first-order valence-corrected chi connectivity index (χ1v) is 7.88. The third kappa shape index (κ3) is 3.62. The van der Waals surface area contributed by atoms with Crippen molar-refractivity contribution < 1.29 is 0 Å². The molecule has 0 unspecified atom stereocenters. The third-order valence-electron chi connectivity index (χ3n) is 3.89. The molecule has 0 bridgehead atoms. The molecule has 4 heteroatoms. The number of aromatic nitrogens is 2. The van der Waals surface area contributed by atoms with Crippen molar-refractivity contribution in [3.05, 3.63) is 11.9 Å². The summed E-state index contributed by atoms with van der Waals surface area (Å²) in [5.41, 5.74) is 5.99. The molecule has 1 aliphatic carbocycles. The van der Waals surface area contributed by atoms with Crippen LogP contribution in [0.3, 0.4) is 0 Å². The van der Waals surface area contributed by atoms with Gasteiger partial charge in [-0.25, -0.2) is 9.97 Å². The van der Waals surface area contributed by atoms with Crippen molar-refractivity contribution in [2.45, 2.75) is 65.3 Å². The normalized spacial score (nSPS) is 16.3. The first-order chi connectivity index (χ1) is 9.47. The van der Waals surface area contributed by atoms with Gasteiger partial charge in [0.25, 0.3) is 0 Å². The Morgan fingerprint density at radius 1 is 1.20 bits per heavy atom. The van der Waals surface area contributed by atoms with Gasteiger partial charge in [0.1, 0.15) is 17.5 Å². The van der Waals surface area contributed by atoms with Crippen LogP contribution in [-0.4, -0.2) is 22.6 Å². The summed E-state index contributed by atoms with van der Waals surface area (Å²) in [7, 11) is 0. The molecule has 0 saturated heterocycles. The van der Waals surface area contributed by atoms with Gasteiger partial charge >= 0.3 is 0 Å². The fourth-order valence-corrected chi connectivity index (χ4v) is 2.92. The molecule has 0 aromatic carbocycles. The largest absolute Gasteiger partial charge is 0.384 e. The number of nitrogens with zero attached hydrogens (tertiary/aromatic N) is 3. The Hall–Kier alpha value is -1.32. The second-order valence-electron chi connectivity index (χ2n) is 6.65. The maximum absolute atomic E-state index is 5.99. The molecule has 1 aromatic rings. The first-order valence-electron chi connectivity index (χ1n) is 7.88. The molecule has 1 fully saturated rings. The van der Waals surface area contributed by atoms with Crippen molar-refractivity contribution in [1.82, 2.24) is 9.97 Å². The molecule has 2 N–H and O–H groups in total. The minimum absolute atomic E-state index is 0.307. The monoisotopic (exact) mass is 276 g/mol. The van der Waals surface area contributed by atoms with Gasteiger partial charge < -0.3 is 10.6 Å². The predicted molar refractivity (Wildman–Crippen MR) is 85.0 cm³/mol. The molecule has 1 aromatic heterocycles. The lowest BCUT2D eigenvalue weighted by atomic mass is 10.1. The number of anilines is 2. The molecule has 1 aliphatic rings. The highest BCUT2D eigenvalue weighted by atomic mass is 15.2. The standard InChI is InChI=1S/C16H28N4/c1-11(2)10-20(13-7-5-6-8-13)15-9-14(17)18-16(19-15)12(3)4/h9,11-13H,5-8,10H2,1-4H3,(H2,17,18,19). The number of nitrogen functional groups attached to an aromatic ring is 1. The zero-order chi connectivity index (χ0) is 14.7. The molecule has 0 amide bonds. The van der Waals surface area contributed by atoms with Crippen molar-refractivity contribution in [2.24, 2.45) is 5.92 Å². The first kappa shape index (κ1) is 15.1. The molecule has 1 saturated carbocycles. The minimum Gasteiger partial charge on any atom is -0.384 e. The van der Waals surface area contributed by atoms with E-state index in [0.717, 1.165) is 18.2 Å². The van der Waals surface area contributed by atoms with Crippen molar-refractivity contribution in [1.29, 1.82) is 0 Å². The van der Waals surface area contributed by atoms with E-state index in [-0.39, 0.29) is 0 Å². The van der Waals surface area contributed by atoms with E-state index in [1.807, 2.05) is 6.07 Å². The van der Waals surface area contributed by atoms with Gasteiger partial charge in [0, 0.05) is 24.6 Å². The summed E-state index contributed by atoms with van der Waals surface area (Å²) in [6.45, 7) is 9.78. The zero-order valence-electron chi connectivity index (χ0n) is 13.3. The Balaban J connectivity index is 2.31. The van der Waals surface area contributed by atoms with Crippen LogP contribution in [-0.2, 0) is 0 Å². The Morgan fingerprint density at radius 3 is 2.40 bits per heavy atom. The number of nitrogens with two attached hydrogens (primary N) is 1. The minimum atomic E-state index is 0.307. The van der Waals surface area contributed by atoms with E-state index in [2.05, 4.69) is 37.6 Å². The van der Waals surface area contributed by atoms with Gasteiger partial charge in [-0.15, -0.1) is 0 Å². The molecular formula is C16H28N4. The van der Waals surface area contributed by atoms with E-state index in [9.17, 15) is 0 Å². The lowest BCUT2D eigenvalue weighted by molar-refractivity contribution is 0.529. The van der Waals surface area contributed by atoms with E-state index >= 15 is 0 Å². The van der Waals surface area contributed by atoms with Gasteiger partial charge in [0.15, 0.2) is 0 Å². The highest BCUT2D eigenvalue weighted by Gasteiger charge is 2.25. The van der Waals surface area contributed by atoms with Crippen molar-refractivity contribution in [3.63, 3.8) is 0 Å². The topological polar surface area (TPSA) is 55.0 Å². The average molecular weight is 276 g/mol. The molecule has 20 heavy (non-hydrogen) atoms. The van der Waals surface area contributed by atoms with Gasteiger partial charge in [-0.2, -0.15) is 0 Å². The molecule has 2 rings (SSSR count). The van der Waals surface area contributed by atoms with E-state index < -0.39 is 0 Å². The van der Waals surface area contributed by atoms with E-state index in [4.69, 9.17) is 10.7 Å². The van der Waals surface area contributed by atoms with Crippen LogP contribution in [0.2, 0.25) is 0 Å². The fourth-order valence-electron chi connectivity index (χ4n) is 2.92. The maximum Gasteiger partial charge on any atom is 0.135 e.